The molecule has 2 aliphatic carbocycles. The highest BCUT2D eigenvalue weighted by molar-refractivity contribution is 5.92. The Labute approximate surface area is 229 Å². The molecular weight excluding hydrogens is 523 g/mol. The summed E-state index contributed by atoms with van der Waals surface area (Å²) in [6.45, 7) is 2.13. The van der Waals surface area contributed by atoms with Gasteiger partial charge < -0.3 is 10.6 Å². The normalized spacial score (nSPS) is 23.8. The van der Waals surface area contributed by atoms with E-state index < -0.39 is 18.0 Å². The summed E-state index contributed by atoms with van der Waals surface area (Å²) in [4.78, 5) is 30.5. The Morgan fingerprint density at radius 3 is 2.67 bits per heavy atom. The fraction of sp³-hybridized carbons (Fsp3) is 0.607. The molecular formula is C28H34F3N7O2. The highest BCUT2D eigenvalue weighted by Gasteiger charge is 2.47. The molecule has 3 atom stereocenters. The molecule has 2 N–H and O–H groups in total. The SMILES string of the molecule is CCn1nccc1C(=O)NC(c1cn2nc(CC3C[C@@H](C(F)(F)F)CNC3=O)ccc2n1)C1CCC2(CC1)CC2. The minimum atomic E-state index is -4.35. The molecule has 12 heteroatoms. The third kappa shape index (κ3) is 5.32. The number of amides is 2. The Bertz CT molecular complexity index is 1400. The number of halogens is 3. The number of aromatic nitrogens is 5. The fourth-order valence-electron chi connectivity index (χ4n) is 6.47. The number of carbonyl (C=O) groups excluding carboxylic acids is 2. The molecule has 214 valence electrons. The first-order valence-electron chi connectivity index (χ1n) is 14.2. The molecule has 3 aliphatic rings. The highest BCUT2D eigenvalue weighted by Crippen LogP contribution is 2.58. The van der Waals surface area contributed by atoms with E-state index in [-0.39, 0.29) is 43.2 Å². The molecule has 4 heterocycles. The lowest BCUT2D eigenvalue weighted by atomic mass is 9.76. The summed E-state index contributed by atoms with van der Waals surface area (Å²) >= 11 is 0. The second-order valence-electron chi connectivity index (χ2n) is 11.7. The van der Waals surface area contributed by atoms with E-state index in [1.807, 2.05) is 6.92 Å². The summed E-state index contributed by atoms with van der Waals surface area (Å²) in [5.74, 6) is -2.72. The average molecular weight is 558 g/mol. The molecule has 3 aromatic heterocycles. The number of imidazole rings is 1. The van der Waals surface area contributed by atoms with E-state index in [0.29, 0.717) is 34.7 Å². The van der Waals surface area contributed by atoms with Crippen molar-refractivity contribution < 1.29 is 22.8 Å². The molecule has 2 unspecified atom stereocenters. The van der Waals surface area contributed by atoms with Gasteiger partial charge in [0.2, 0.25) is 5.91 Å². The third-order valence-electron chi connectivity index (χ3n) is 9.15. The van der Waals surface area contributed by atoms with Gasteiger partial charge in [-0.25, -0.2) is 9.50 Å². The van der Waals surface area contributed by atoms with Gasteiger partial charge in [-0.15, -0.1) is 0 Å². The van der Waals surface area contributed by atoms with Gasteiger partial charge in [0.1, 0.15) is 5.69 Å². The Kier molecular flexibility index (Phi) is 6.82. The van der Waals surface area contributed by atoms with Crippen LogP contribution in [0.5, 0.6) is 0 Å². The van der Waals surface area contributed by atoms with Crippen LogP contribution >= 0.6 is 0 Å². The fourth-order valence-corrected chi connectivity index (χ4v) is 6.47. The van der Waals surface area contributed by atoms with Gasteiger partial charge in [-0.1, -0.05) is 0 Å². The van der Waals surface area contributed by atoms with E-state index in [1.165, 1.54) is 12.8 Å². The maximum absolute atomic E-state index is 13.3. The summed E-state index contributed by atoms with van der Waals surface area (Å²) < 4.78 is 43.1. The van der Waals surface area contributed by atoms with Crippen molar-refractivity contribution in [2.45, 2.75) is 77.1 Å². The molecule has 9 nitrogen and oxygen atoms in total. The van der Waals surface area contributed by atoms with E-state index in [1.54, 1.807) is 39.8 Å². The number of aryl methyl sites for hydroxylation is 1. The lowest BCUT2D eigenvalue weighted by molar-refractivity contribution is -0.183. The molecule has 3 aromatic rings. The molecule has 0 radical (unpaired) electrons. The number of nitrogens with one attached hydrogen (secondary N) is 2. The van der Waals surface area contributed by atoms with Gasteiger partial charge in [-0.2, -0.15) is 23.4 Å². The molecule has 1 aliphatic heterocycles. The topological polar surface area (TPSA) is 106 Å². The van der Waals surface area contributed by atoms with Crippen LogP contribution in [0.15, 0.2) is 30.6 Å². The van der Waals surface area contributed by atoms with Gasteiger partial charge in [-0.05, 0) is 81.4 Å². The van der Waals surface area contributed by atoms with Crippen LogP contribution in [0.25, 0.3) is 5.65 Å². The van der Waals surface area contributed by atoms with Crippen LogP contribution in [0.2, 0.25) is 0 Å². The number of carbonyl (C=O) groups is 2. The van der Waals surface area contributed by atoms with Crippen molar-refractivity contribution in [1.29, 1.82) is 0 Å². The smallest absolute Gasteiger partial charge is 0.355 e. The monoisotopic (exact) mass is 557 g/mol. The average Bonchev–Trinajstić information content (AvgIpc) is 3.32. The first-order chi connectivity index (χ1) is 19.1. The van der Waals surface area contributed by atoms with Crippen LogP contribution < -0.4 is 10.6 Å². The second kappa shape index (κ2) is 10.2. The zero-order chi connectivity index (χ0) is 28.1. The van der Waals surface area contributed by atoms with Crippen LogP contribution in [0.1, 0.15) is 79.8 Å². The number of piperidine rings is 1. The molecule has 2 amide bonds. The van der Waals surface area contributed by atoms with Crippen LogP contribution in [0.3, 0.4) is 0 Å². The van der Waals surface area contributed by atoms with Gasteiger partial charge in [0.25, 0.3) is 5.91 Å². The van der Waals surface area contributed by atoms with Gasteiger partial charge >= 0.3 is 6.18 Å². The van der Waals surface area contributed by atoms with E-state index >= 15 is 0 Å². The summed E-state index contributed by atoms with van der Waals surface area (Å²) in [5.41, 5.74) is 2.78. The van der Waals surface area contributed by atoms with Gasteiger partial charge in [0.15, 0.2) is 5.65 Å². The number of hydrogen-bond donors (Lipinski definition) is 2. The lowest BCUT2D eigenvalue weighted by Gasteiger charge is -2.33. The van der Waals surface area contributed by atoms with Crippen LogP contribution in [0, 0.1) is 23.2 Å². The van der Waals surface area contributed by atoms with Crippen molar-refractivity contribution in [2.24, 2.45) is 23.2 Å². The quantitative estimate of drug-likeness (QED) is 0.452. The largest absolute Gasteiger partial charge is 0.393 e. The van der Waals surface area contributed by atoms with Crippen molar-refractivity contribution in [1.82, 2.24) is 35.0 Å². The Hall–Kier alpha value is -3.44. The van der Waals surface area contributed by atoms with Crippen LogP contribution in [-0.2, 0) is 17.8 Å². The van der Waals surface area contributed by atoms with E-state index in [9.17, 15) is 22.8 Å². The number of rotatable bonds is 7. The first-order valence-corrected chi connectivity index (χ1v) is 14.2. The molecule has 0 bridgehead atoms. The van der Waals surface area contributed by atoms with Gasteiger partial charge in [-0.3, -0.25) is 14.3 Å². The van der Waals surface area contributed by atoms with E-state index in [4.69, 9.17) is 4.98 Å². The van der Waals surface area contributed by atoms with Crippen molar-refractivity contribution in [2.75, 3.05) is 6.54 Å². The molecule has 0 aromatic carbocycles. The van der Waals surface area contributed by atoms with Gasteiger partial charge in [0, 0.05) is 31.6 Å². The summed E-state index contributed by atoms with van der Waals surface area (Å²) in [5, 5.41) is 14.4. The summed E-state index contributed by atoms with van der Waals surface area (Å²) in [7, 11) is 0. The van der Waals surface area contributed by atoms with Crippen molar-refractivity contribution >= 4 is 17.5 Å². The summed E-state index contributed by atoms with van der Waals surface area (Å²) in [6.07, 6.45) is 5.78. The molecule has 40 heavy (non-hydrogen) atoms. The van der Waals surface area contributed by atoms with Crippen molar-refractivity contribution in [3.8, 4) is 0 Å². The minimum Gasteiger partial charge on any atom is -0.355 e. The maximum Gasteiger partial charge on any atom is 0.393 e. The summed E-state index contributed by atoms with van der Waals surface area (Å²) in [6, 6.07) is 4.86. The maximum atomic E-state index is 13.3. The van der Waals surface area contributed by atoms with Crippen LogP contribution in [0.4, 0.5) is 13.2 Å². The van der Waals surface area contributed by atoms with E-state index in [2.05, 4.69) is 20.8 Å². The van der Waals surface area contributed by atoms with Crippen molar-refractivity contribution in [3.63, 3.8) is 0 Å². The highest BCUT2D eigenvalue weighted by atomic mass is 19.4. The number of hydrogen-bond acceptors (Lipinski definition) is 5. The second-order valence-corrected chi connectivity index (χ2v) is 11.7. The molecule has 3 fully saturated rings. The first kappa shape index (κ1) is 26.8. The molecule has 1 saturated heterocycles. The zero-order valence-electron chi connectivity index (χ0n) is 22.5. The predicted octanol–water partition coefficient (Wildman–Crippen LogP) is 4.24. The number of alkyl halides is 3. The van der Waals surface area contributed by atoms with Gasteiger partial charge in [0.05, 0.1) is 29.5 Å². The minimum absolute atomic E-state index is 0.105. The Morgan fingerprint density at radius 1 is 1.20 bits per heavy atom. The molecule has 2 saturated carbocycles. The van der Waals surface area contributed by atoms with Crippen LogP contribution in [-0.4, -0.2) is 48.9 Å². The molecule has 1 spiro atoms. The third-order valence-corrected chi connectivity index (χ3v) is 9.15. The Balaban J connectivity index is 1.24. The number of nitrogens with zero attached hydrogens (tertiary/aromatic N) is 5. The lowest BCUT2D eigenvalue weighted by Crippen LogP contribution is -2.47. The standard InChI is InChI=1S/C28H34F3N7O2/c1-2-37-22(7-12-33-37)26(40)35-24(17-5-8-27(9-6-17)10-11-27)21-16-38-23(34-21)4-3-20(36-38)14-18-13-19(28(29,30)31)15-32-25(18)39/h3-4,7,12,16-19,24H,2,5-6,8-11,13-15H2,1H3,(H,32,39)(H,35,40)/t18?,19-,24?/m1/s1. The predicted molar refractivity (Wildman–Crippen MR) is 139 cm³/mol. The number of fused-ring (bicyclic) bond motifs is 1. The van der Waals surface area contributed by atoms with Crippen molar-refractivity contribution in [3.05, 3.63) is 47.7 Å². The molecule has 6 rings (SSSR count). The Morgan fingerprint density at radius 2 is 1.98 bits per heavy atom. The zero-order valence-corrected chi connectivity index (χ0v) is 22.5. The van der Waals surface area contributed by atoms with E-state index in [0.717, 1.165) is 25.7 Å².